The molecule has 0 saturated heterocycles. The number of nitrogens with one attached hydrogen (secondary N) is 1. The smallest absolute Gasteiger partial charge is 0.203 e. The second-order valence-corrected chi connectivity index (χ2v) is 8.32. The van der Waals surface area contributed by atoms with Crippen molar-refractivity contribution in [2.24, 2.45) is 22.4 Å². The first kappa shape index (κ1) is 16.5. The Bertz CT molecular complexity index is 837. The van der Waals surface area contributed by atoms with Crippen molar-refractivity contribution < 1.29 is 4.39 Å². The second kappa shape index (κ2) is 6.37. The third kappa shape index (κ3) is 3.01. The Kier molecular flexibility index (Phi) is 4.20. The van der Waals surface area contributed by atoms with E-state index in [0.717, 1.165) is 11.8 Å². The van der Waals surface area contributed by atoms with E-state index in [2.05, 4.69) is 35.4 Å². The molecule has 2 aromatic rings. The van der Waals surface area contributed by atoms with E-state index in [1.54, 1.807) is 12.1 Å². The van der Waals surface area contributed by atoms with Gasteiger partial charge in [-0.3, -0.25) is 5.43 Å². The summed E-state index contributed by atoms with van der Waals surface area (Å²) in [5, 5.41) is 6.79. The molecule has 3 nitrogen and oxygen atoms in total. The first-order valence-corrected chi connectivity index (χ1v) is 9.64. The van der Waals surface area contributed by atoms with Gasteiger partial charge in [0, 0.05) is 17.2 Å². The lowest BCUT2D eigenvalue weighted by molar-refractivity contribution is 0.288. The molecule has 1 aromatic heterocycles. The summed E-state index contributed by atoms with van der Waals surface area (Å²) in [6, 6.07) is 6.67. The quantitative estimate of drug-likeness (QED) is 0.562. The van der Waals surface area contributed by atoms with Gasteiger partial charge in [0.05, 0.1) is 5.69 Å². The Morgan fingerprint density at radius 3 is 2.92 bits per heavy atom. The van der Waals surface area contributed by atoms with Crippen molar-refractivity contribution in [2.75, 3.05) is 5.43 Å². The van der Waals surface area contributed by atoms with Crippen LogP contribution in [0, 0.1) is 23.1 Å². The highest BCUT2D eigenvalue weighted by Gasteiger charge is 2.48. The normalized spacial score (nSPS) is 26.0. The molecule has 0 aliphatic heterocycles. The summed E-state index contributed by atoms with van der Waals surface area (Å²) in [6.45, 7) is 4.71. The lowest BCUT2D eigenvalue weighted by Crippen LogP contribution is -2.22. The third-order valence-corrected chi connectivity index (χ3v) is 6.53. The van der Waals surface area contributed by atoms with Gasteiger partial charge >= 0.3 is 0 Å². The molecule has 130 valence electrons. The fourth-order valence-corrected chi connectivity index (χ4v) is 5.02. The minimum absolute atomic E-state index is 0.258. The van der Waals surface area contributed by atoms with E-state index in [4.69, 9.17) is 0 Å². The number of hydrazone groups is 1. The van der Waals surface area contributed by atoms with Crippen molar-refractivity contribution in [1.82, 2.24) is 4.98 Å². The molecule has 0 spiro atoms. The van der Waals surface area contributed by atoms with Gasteiger partial charge in [-0.1, -0.05) is 31.6 Å². The molecule has 2 aliphatic rings. The fraction of sp³-hybridized carbons (Fsp3) is 0.400. The summed E-state index contributed by atoms with van der Waals surface area (Å²) in [6.07, 6.45) is 8.02. The highest BCUT2D eigenvalue weighted by atomic mass is 32.1. The summed E-state index contributed by atoms with van der Waals surface area (Å²) in [5.74, 6) is 1.30. The minimum atomic E-state index is -0.258. The van der Waals surface area contributed by atoms with Crippen LogP contribution < -0.4 is 5.43 Å². The van der Waals surface area contributed by atoms with Gasteiger partial charge in [0.25, 0.3) is 0 Å². The average molecular weight is 355 g/mol. The van der Waals surface area contributed by atoms with E-state index in [1.165, 1.54) is 42.2 Å². The van der Waals surface area contributed by atoms with Crippen LogP contribution in [0.4, 0.5) is 9.52 Å². The van der Waals surface area contributed by atoms with E-state index in [1.807, 2.05) is 17.7 Å². The second-order valence-electron chi connectivity index (χ2n) is 7.46. The number of rotatable bonds is 4. The van der Waals surface area contributed by atoms with Crippen LogP contribution in [-0.4, -0.2) is 11.2 Å². The van der Waals surface area contributed by atoms with Crippen LogP contribution in [0.25, 0.3) is 11.3 Å². The van der Waals surface area contributed by atoms with Crippen molar-refractivity contribution in [1.29, 1.82) is 0 Å². The summed E-state index contributed by atoms with van der Waals surface area (Å²) in [5.41, 5.74) is 5.94. The molecule has 2 saturated carbocycles. The van der Waals surface area contributed by atoms with E-state index in [-0.39, 0.29) is 5.82 Å². The number of anilines is 1. The van der Waals surface area contributed by atoms with Crippen molar-refractivity contribution in [3.05, 3.63) is 47.1 Å². The van der Waals surface area contributed by atoms with Gasteiger partial charge in [0.1, 0.15) is 5.82 Å². The van der Waals surface area contributed by atoms with E-state index < -0.39 is 0 Å². The zero-order chi connectivity index (χ0) is 17.4. The van der Waals surface area contributed by atoms with Gasteiger partial charge in [-0.2, -0.15) is 5.10 Å². The molecule has 25 heavy (non-hydrogen) atoms. The molecular weight excluding hydrogens is 333 g/mol. The van der Waals surface area contributed by atoms with Crippen molar-refractivity contribution in [3.8, 4) is 11.3 Å². The number of fused-ring (bicyclic) bond motifs is 2. The maximum Gasteiger partial charge on any atom is 0.203 e. The van der Waals surface area contributed by atoms with Crippen molar-refractivity contribution >= 4 is 22.7 Å². The van der Waals surface area contributed by atoms with Gasteiger partial charge in [-0.25, -0.2) is 9.37 Å². The van der Waals surface area contributed by atoms with Crippen LogP contribution in [0.5, 0.6) is 0 Å². The van der Waals surface area contributed by atoms with Crippen LogP contribution in [0.2, 0.25) is 0 Å². The molecule has 2 fully saturated rings. The van der Waals surface area contributed by atoms with Gasteiger partial charge < -0.3 is 0 Å². The molecule has 0 radical (unpaired) electrons. The first-order chi connectivity index (χ1) is 12.1. The number of aromatic nitrogens is 1. The predicted octanol–water partition coefficient (Wildman–Crippen LogP) is 5.73. The standard InChI is InChI=1S/C20H22FN3S/c1-20(2)14-8-7-13(11-14)16(20)9-10-22-24-19-23-18(12-25-19)15-5-3-4-6-17(15)21/h3-6,9-10,12-14H,7-8,11H2,1-2H3,(H,23,24). The van der Waals surface area contributed by atoms with Gasteiger partial charge in [0.2, 0.25) is 5.13 Å². The van der Waals surface area contributed by atoms with Gasteiger partial charge in [0.15, 0.2) is 0 Å². The largest absolute Gasteiger partial charge is 0.253 e. The average Bonchev–Trinajstić information content (AvgIpc) is 3.28. The Hall–Kier alpha value is -2.01. The third-order valence-electron chi connectivity index (χ3n) is 5.78. The summed E-state index contributed by atoms with van der Waals surface area (Å²) in [7, 11) is 0. The molecule has 2 atom stereocenters. The number of hydrogen-bond donors (Lipinski definition) is 1. The lowest BCUT2D eigenvalue weighted by Gasteiger charge is -2.32. The maximum absolute atomic E-state index is 13.8. The highest BCUT2D eigenvalue weighted by Crippen LogP contribution is 2.58. The van der Waals surface area contributed by atoms with Gasteiger partial charge in [-0.05, 0) is 54.7 Å². The van der Waals surface area contributed by atoms with E-state index in [9.17, 15) is 4.39 Å². The van der Waals surface area contributed by atoms with Crippen molar-refractivity contribution in [3.63, 3.8) is 0 Å². The molecule has 5 heteroatoms. The first-order valence-electron chi connectivity index (χ1n) is 8.76. The zero-order valence-corrected chi connectivity index (χ0v) is 15.3. The number of hydrogen-bond acceptors (Lipinski definition) is 4. The zero-order valence-electron chi connectivity index (χ0n) is 14.5. The number of thiazole rings is 1. The topological polar surface area (TPSA) is 37.3 Å². The molecule has 1 heterocycles. The van der Waals surface area contributed by atoms with Gasteiger partial charge in [-0.15, -0.1) is 11.3 Å². The summed E-state index contributed by atoms with van der Waals surface area (Å²) < 4.78 is 13.8. The lowest BCUT2D eigenvalue weighted by atomic mass is 9.73. The Morgan fingerprint density at radius 2 is 2.16 bits per heavy atom. The van der Waals surface area contributed by atoms with Crippen LogP contribution >= 0.6 is 11.3 Å². The maximum atomic E-state index is 13.8. The predicted molar refractivity (Wildman–Crippen MR) is 102 cm³/mol. The number of nitrogens with zero attached hydrogens (tertiary/aromatic N) is 2. The molecule has 2 unspecified atom stereocenters. The Labute approximate surface area is 151 Å². The molecule has 0 amide bonds. The van der Waals surface area contributed by atoms with Crippen LogP contribution in [0.3, 0.4) is 0 Å². The number of allylic oxidation sites excluding steroid dienone is 2. The molecule has 4 rings (SSSR count). The minimum Gasteiger partial charge on any atom is -0.253 e. The molecule has 2 bridgehead atoms. The van der Waals surface area contributed by atoms with E-state index >= 15 is 0 Å². The summed E-state index contributed by atoms with van der Waals surface area (Å²) in [4.78, 5) is 4.41. The Balaban J connectivity index is 1.43. The van der Waals surface area contributed by atoms with Crippen LogP contribution in [0.1, 0.15) is 33.1 Å². The van der Waals surface area contributed by atoms with Crippen LogP contribution in [0.15, 0.2) is 46.4 Å². The van der Waals surface area contributed by atoms with Crippen LogP contribution in [-0.2, 0) is 0 Å². The van der Waals surface area contributed by atoms with Crippen molar-refractivity contribution in [2.45, 2.75) is 33.1 Å². The fourth-order valence-electron chi connectivity index (χ4n) is 4.36. The molecular formula is C20H22FN3S. The summed E-state index contributed by atoms with van der Waals surface area (Å²) >= 11 is 1.42. The monoisotopic (exact) mass is 355 g/mol. The number of halogens is 1. The highest BCUT2D eigenvalue weighted by molar-refractivity contribution is 7.14. The Morgan fingerprint density at radius 1 is 1.32 bits per heavy atom. The number of benzene rings is 1. The molecule has 1 N–H and O–H groups in total. The molecule has 2 aliphatic carbocycles. The SMILES string of the molecule is CC1(C)C(=CC=NNc2nc(-c3ccccc3F)cs2)C2CCC1C2. The molecule has 1 aromatic carbocycles. The van der Waals surface area contributed by atoms with E-state index in [0.29, 0.717) is 21.8 Å².